The Morgan fingerprint density at radius 3 is 2.36 bits per heavy atom. The minimum atomic E-state index is -0.250. The molecule has 3 rings (SSSR count). The van der Waals surface area contributed by atoms with Crippen LogP contribution in [0.5, 0.6) is 0 Å². The van der Waals surface area contributed by atoms with Crippen molar-refractivity contribution in [1.29, 1.82) is 0 Å². The van der Waals surface area contributed by atoms with Gasteiger partial charge in [-0.2, -0.15) is 0 Å². The molecule has 2 heteroatoms. The van der Waals surface area contributed by atoms with Crippen LogP contribution in [0.25, 0.3) is 6.08 Å². The van der Waals surface area contributed by atoms with E-state index in [2.05, 4.69) is 36.4 Å². The van der Waals surface area contributed by atoms with Gasteiger partial charge in [0, 0.05) is 6.08 Å². The first-order valence-electron chi connectivity index (χ1n) is 7.77. The van der Waals surface area contributed by atoms with Crippen LogP contribution in [-0.4, -0.2) is 12.6 Å². The van der Waals surface area contributed by atoms with Gasteiger partial charge in [0.2, 0.25) is 0 Å². The minimum Gasteiger partial charge on any atom is -0.462 e. The molecule has 1 saturated carbocycles. The molecule has 0 unspecified atom stereocenters. The van der Waals surface area contributed by atoms with Gasteiger partial charge in [-0.3, -0.25) is 0 Å². The van der Waals surface area contributed by atoms with Crippen molar-refractivity contribution >= 4 is 12.0 Å². The SMILES string of the molecule is O=C(C=Cc1ccc(Cc2ccccc2)cc1)OCC1CC1. The van der Waals surface area contributed by atoms with Gasteiger partial charge in [-0.25, -0.2) is 4.79 Å². The molecule has 0 spiro atoms. The third kappa shape index (κ3) is 4.59. The van der Waals surface area contributed by atoms with E-state index in [-0.39, 0.29) is 5.97 Å². The highest BCUT2D eigenvalue weighted by molar-refractivity contribution is 5.87. The lowest BCUT2D eigenvalue weighted by molar-refractivity contribution is -0.138. The van der Waals surface area contributed by atoms with Gasteiger partial charge >= 0.3 is 5.97 Å². The topological polar surface area (TPSA) is 26.3 Å². The molecule has 0 saturated heterocycles. The van der Waals surface area contributed by atoms with E-state index in [0.717, 1.165) is 12.0 Å². The smallest absolute Gasteiger partial charge is 0.330 e. The summed E-state index contributed by atoms with van der Waals surface area (Å²) in [6, 6.07) is 18.7. The van der Waals surface area contributed by atoms with Crippen LogP contribution in [0.2, 0.25) is 0 Å². The molecule has 22 heavy (non-hydrogen) atoms. The van der Waals surface area contributed by atoms with Crippen LogP contribution in [0.3, 0.4) is 0 Å². The van der Waals surface area contributed by atoms with E-state index in [1.54, 1.807) is 0 Å². The van der Waals surface area contributed by atoms with Gasteiger partial charge in [-0.15, -0.1) is 0 Å². The maximum absolute atomic E-state index is 11.5. The maximum Gasteiger partial charge on any atom is 0.330 e. The Bertz CT molecular complexity index is 637. The fraction of sp³-hybridized carbons (Fsp3) is 0.250. The van der Waals surface area contributed by atoms with Crippen molar-refractivity contribution < 1.29 is 9.53 Å². The molecule has 1 fully saturated rings. The zero-order valence-electron chi connectivity index (χ0n) is 12.6. The van der Waals surface area contributed by atoms with Crippen molar-refractivity contribution in [3.05, 3.63) is 77.4 Å². The highest BCUT2D eigenvalue weighted by Gasteiger charge is 2.22. The number of benzene rings is 2. The Hall–Kier alpha value is -2.35. The third-order valence-electron chi connectivity index (χ3n) is 3.80. The summed E-state index contributed by atoms with van der Waals surface area (Å²) in [6.45, 7) is 0.569. The standard InChI is InChI=1S/C20H20O2/c21-20(22-15-19-10-11-19)13-12-16-6-8-18(9-7-16)14-17-4-2-1-3-5-17/h1-9,12-13,19H,10-11,14-15H2. The molecule has 1 aliphatic carbocycles. The minimum absolute atomic E-state index is 0.250. The summed E-state index contributed by atoms with van der Waals surface area (Å²) in [5.74, 6) is 0.356. The lowest BCUT2D eigenvalue weighted by atomic mass is 10.0. The van der Waals surface area contributed by atoms with Gasteiger partial charge in [0.05, 0.1) is 6.61 Å². The van der Waals surface area contributed by atoms with Crippen LogP contribution < -0.4 is 0 Å². The quantitative estimate of drug-likeness (QED) is 0.588. The molecule has 0 aromatic heterocycles. The van der Waals surface area contributed by atoms with Crippen molar-refractivity contribution in [1.82, 2.24) is 0 Å². The predicted molar refractivity (Wildman–Crippen MR) is 88.4 cm³/mol. The zero-order valence-corrected chi connectivity index (χ0v) is 12.6. The van der Waals surface area contributed by atoms with Crippen molar-refractivity contribution in [3.63, 3.8) is 0 Å². The molecule has 2 nitrogen and oxygen atoms in total. The number of hydrogen-bond acceptors (Lipinski definition) is 2. The second kappa shape index (κ2) is 7.08. The summed E-state index contributed by atoms with van der Waals surface area (Å²) >= 11 is 0. The Balaban J connectivity index is 1.53. The number of carbonyl (C=O) groups excluding carboxylic acids is 1. The molecular weight excluding hydrogens is 272 g/mol. The average Bonchev–Trinajstić information content (AvgIpc) is 3.38. The molecule has 0 heterocycles. The van der Waals surface area contributed by atoms with E-state index in [1.165, 1.54) is 30.0 Å². The largest absolute Gasteiger partial charge is 0.462 e. The summed E-state index contributed by atoms with van der Waals surface area (Å²) in [5.41, 5.74) is 3.58. The Kier molecular flexibility index (Phi) is 4.69. The summed E-state index contributed by atoms with van der Waals surface area (Å²) < 4.78 is 5.16. The third-order valence-corrected chi connectivity index (χ3v) is 3.80. The molecule has 112 valence electrons. The monoisotopic (exact) mass is 292 g/mol. The van der Waals surface area contributed by atoms with Crippen LogP contribution in [0.4, 0.5) is 0 Å². The van der Waals surface area contributed by atoms with E-state index >= 15 is 0 Å². The molecule has 0 atom stereocenters. The first-order chi connectivity index (χ1) is 10.8. The Morgan fingerprint density at radius 1 is 1.00 bits per heavy atom. The van der Waals surface area contributed by atoms with Crippen molar-refractivity contribution in [2.45, 2.75) is 19.3 Å². The molecule has 0 N–H and O–H groups in total. The van der Waals surface area contributed by atoms with Gasteiger partial charge in [0.25, 0.3) is 0 Å². The number of esters is 1. The second-order valence-electron chi connectivity index (χ2n) is 5.81. The number of hydrogen-bond donors (Lipinski definition) is 0. The summed E-state index contributed by atoms with van der Waals surface area (Å²) in [7, 11) is 0. The van der Waals surface area contributed by atoms with E-state index < -0.39 is 0 Å². The molecule has 2 aromatic rings. The van der Waals surface area contributed by atoms with Gasteiger partial charge in [0.15, 0.2) is 0 Å². The normalized spacial score (nSPS) is 14.2. The fourth-order valence-corrected chi connectivity index (χ4v) is 2.28. The van der Waals surface area contributed by atoms with Crippen LogP contribution >= 0.6 is 0 Å². The van der Waals surface area contributed by atoms with E-state index in [4.69, 9.17) is 4.74 Å². The first-order valence-corrected chi connectivity index (χ1v) is 7.77. The van der Waals surface area contributed by atoms with Gasteiger partial charge in [-0.1, -0.05) is 54.6 Å². The maximum atomic E-state index is 11.5. The number of ether oxygens (including phenoxy) is 1. The summed E-state index contributed by atoms with van der Waals surface area (Å²) in [5, 5.41) is 0. The van der Waals surface area contributed by atoms with Crippen LogP contribution in [0.15, 0.2) is 60.7 Å². The van der Waals surface area contributed by atoms with E-state index in [9.17, 15) is 4.79 Å². The van der Waals surface area contributed by atoms with Crippen molar-refractivity contribution in [3.8, 4) is 0 Å². The Labute approximate surface area is 131 Å². The predicted octanol–water partition coefficient (Wildman–Crippen LogP) is 4.24. The second-order valence-corrected chi connectivity index (χ2v) is 5.81. The van der Waals surface area contributed by atoms with E-state index in [0.29, 0.717) is 12.5 Å². The molecule has 0 radical (unpaired) electrons. The van der Waals surface area contributed by atoms with Crippen LogP contribution in [-0.2, 0) is 16.0 Å². The molecule has 0 amide bonds. The lowest BCUT2D eigenvalue weighted by Crippen LogP contribution is -2.03. The van der Waals surface area contributed by atoms with Gasteiger partial charge in [-0.05, 0) is 47.9 Å². The molecular formula is C20H20O2. The van der Waals surface area contributed by atoms with Crippen LogP contribution in [0, 0.1) is 5.92 Å². The fourth-order valence-electron chi connectivity index (χ4n) is 2.28. The van der Waals surface area contributed by atoms with Gasteiger partial charge in [0.1, 0.15) is 0 Å². The summed E-state index contributed by atoms with van der Waals surface area (Å²) in [4.78, 5) is 11.5. The Morgan fingerprint density at radius 2 is 1.68 bits per heavy atom. The van der Waals surface area contributed by atoms with Crippen LogP contribution in [0.1, 0.15) is 29.5 Å². The van der Waals surface area contributed by atoms with Gasteiger partial charge < -0.3 is 4.74 Å². The molecule has 0 aliphatic heterocycles. The van der Waals surface area contributed by atoms with Crippen molar-refractivity contribution in [2.75, 3.05) is 6.61 Å². The number of rotatable bonds is 6. The molecule has 0 bridgehead atoms. The first kappa shape index (κ1) is 14.6. The molecule has 1 aliphatic rings. The average molecular weight is 292 g/mol. The highest BCUT2D eigenvalue weighted by Crippen LogP contribution is 2.28. The zero-order chi connectivity index (χ0) is 15.2. The number of carbonyl (C=O) groups is 1. The van der Waals surface area contributed by atoms with Crippen molar-refractivity contribution in [2.24, 2.45) is 5.92 Å². The summed E-state index contributed by atoms with van der Waals surface area (Å²) in [6.07, 6.45) is 6.63. The molecule has 2 aromatic carbocycles. The lowest BCUT2D eigenvalue weighted by Gasteiger charge is -2.02. The van der Waals surface area contributed by atoms with E-state index in [1.807, 2.05) is 24.3 Å². The highest BCUT2D eigenvalue weighted by atomic mass is 16.5.